The summed E-state index contributed by atoms with van der Waals surface area (Å²) < 4.78 is 5.76. The second-order valence-corrected chi connectivity index (χ2v) is 11.2. The molecule has 3 aromatic heterocycles. The van der Waals surface area contributed by atoms with Gasteiger partial charge >= 0.3 is 6.03 Å². The summed E-state index contributed by atoms with van der Waals surface area (Å²) >= 11 is 2.92. The molecule has 5 rings (SSSR count). The fourth-order valence-electron chi connectivity index (χ4n) is 5.24. The van der Waals surface area contributed by atoms with Crippen molar-refractivity contribution in [3.8, 4) is 0 Å². The van der Waals surface area contributed by atoms with Gasteiger partial charge in [0.1, 0.15) is 11.8 Å². The molecule has 4 atom stereocenters. The van der Waals surface area contributed by atoms with Crippen molar-refractivity contribution in [3.05, 3.63) is 97.8 Å². The van der Waals surface area contributed by atoms with E-state index in [9.17, 15) is 14.4 Å². The average molecular weight is 534 g/mol. The predicted molar refractivity (Wildman–Crippen MR) is 145 cm³/mol. The van der Waals surface area contributed by atoms with Crippen molar-refractivity contribution in [1.82, 2.24) is 4.90 Å². The number of likely N-dealkylation sites (tertiary alicyclic amines) is 1. The van der Waals surface area contributed by atoms with Crippen molar-refractivity contribution in [1.29, 1.82) is 0 Å². The highest BCUT2D eigenvalue weighted by atomic mass is 32.1. The molecule has 1 saturated heterocycles. The maximum absolute atomic E-state index is 14.2. The number of furan rings is 1. The largest absolute Gasteiger partial charge is 0.458 e. The molecule has 1 aromatic carbocycles. The number of urea groups is 1. The normalized spacial score (nSPS) is 21.2. The van der Waals surface area contributed by atoms with Gasteiger partial charge in [0.25, 0.3) is 0 Å². The fraction of sp³-hybridized carbons (Fsp3) is 0.250. The first kappa shape index (κ1) is 25.0. The molecule has 3 amide bonds. The zero-order valence-corrected chi connectivity index (χ0v) is 22.3. The van der Waals surface area contributed by atoms with Crippen molar-refractivity contribution in [3.63, 3.8) is 0 Å². The molecular weight excluding hydrogens is 506 g/mol. The van der Waals surface area contributed by atoms with Crippen molar-refractivity contribution >= 4 is 46.1 Å². The highest BCUT2D eigenvalue weighted by molar-refractivity contribution is 7.10. The van der Waals surface area contributed by atoms with E-state index in [0.717, 1.165) is 20.9 Å². The van der Waals surface area contributed by atoms with Crippen molar-refractivity contribution in [2.24, 2.45) is 11.7 Å². The van der Waals surface area contributed by atoms with Crippen LogP contribution in [0.5, 0.6) is 0 Å². The number of aryl methyl sites for hydroxylation is 3. The quantitative estimate of drug-likeness (QED) is 0.294. The van der Waals surface area contributed by atoms with Crippen LogP contribution in [0.15, 0.2) is 69.8 Å². The first-order valence-electron chi connectivity index (χ1n) is 11.9. The lowest BCUT2D eigenvalue weighted by atomic mass is 9.80. The molecule has 9 heteroatoms. The summed E-state index contributed by atoms with van der Waals surface area (Å²) in [6.07, 6.45) is 0. The molecular formula is C28H27N3O4S2. The van der Waals surface area contributed by atoms with Gasteiger partial charge in [-0.2, -0.15) is 0 Å². The van der Waals surface area contributed by atoms with Crippen LogP contribution in [0.25, 0.3) is 0 Å². The number of carbonyl (C=O) groups excluding carboxylic acids is 3. The molecule has 0 bridgehead atoms. The molecule has 1 fully saturated rings. The summed E-state index contributed by atoms with van der Waals surface area (Å²) in [7, 11) is 0. The van der Waals surface area contributed by atoms with E-state index in [1.807, 2.05) is 54.9 Å². The smallest absolute Gasteiger partial charge is 0.323 e. The number of nitrogens with zero attached hydrogens (tertiary/aromatic N) is 1. The van der Waals surface area contributed by atoms with Gasteiger partial charge in [-0.3, -0.25) is 9.59 Å². The minimum atomic E-state index is -1.04. The number of carbonyl (C=O) groups is 3. The number of amides is 3. The number of anilines is 1. The summed E-state index contributed by atoms with van der Waals surface area (Å²) in [4.78, 5) is 44.5. The van der Waals surface area contributed by atoms with Gasteiger partial charge in [0.15, 0.2) is 5.76 Å². The summed E-state index contributed by atoms with van der Waals surface area (Å²) in [6.45, 7) is 5.67. The zero-order chi connectivity index (χ0) is 26.3. The summed E-state index contributed by atoms with van der Waals surface area (Å²) in [5.41, 5.74) is 8.50. The van der Waals surface area contributed by atoms with Gasteiger partial charge in [0.05, 0.1) is 12.0 Å². The Morgan fingerprint density at radius 3 is 2.08 bits per heavy atom. The van der Waals surface area contributed by atoms with Crippen LogP contribution in [0.2, 0.25) is 0 Å². The number of hydrogen-bond donors (Lipinski definition) is 2. The number of para-hydroxylation sites is 1. The lowest BCUT2D eigenvalue weighted by Crippen LogP contribution is -2.48. The minimum absolute atomic E-state index is 0.203. The first-order chi connectivity index (χ1) is 17.8. The molecule has 4 aromatic rings. The molecule has 190 valence electrons. The van der Waals surface area contributed by atoms with Crippen molar-refractivity contribution in [2.45, 2.75) is 38.8 Å². The van der Waals surface area contributed by atoms with E-state index in [1.54, 1.807) is 31.2 Å². The number of nitrogens with one attached hydrogen (secondary N) is 1. The topological polar surface area (TPSA) is 106 Å². The lowest BCUT2D eigenvalue weighted by Gasteiger charge is -2.30. The fourth-order valence-corrected chi connectivity index (χ4v) is 7.41. The van der Waals surface area contributed by atoms with Gasteiger partial charge in [-0.1, -0.05) is 18.2 Å². The van der Waals surface area contributed by atoms with E-state index >= 15 is 0 Å². The molecule has 4 heterocycles. The number of thiophene rings is 2. The van der Waals surface area contributed by atoms with E-state index in [0.29, 0.717) is 11.4 Å². The Hall–Kier alpha value is -3.69. The molecule has 1 aliphatic heterocycles. The van der Waals surface area contributed by atoms with Gasteiger partial charge in [-0.25, -0.2) is 4.79 Å². The maximum Gasteiger partial charge on any atom is 0.323 e. The number of primary amides is 1. The Balaban J connectivity index is 1.72. The predicted octanol–water partition coefficient (Wildman–Crippen LogP) is 6.05. The number of Topliss-reactive ketones (excluding diaryl/α,β-unsaturated/α-hetero) is 1. The Morgan fingerprint density at radius 2 is 1.54 bits per heavy atom. The molecule has 0 aliphatic carbocycles. The first-order valence-corrected chi connectivity index (χ1v) is 13.7. The van der Waals surface area contributed by atoms with Crippen molar-refractivity contribution < 1.29 is 18.8 Å². The van der Waals surface area contributed by atoms with Crippen LogP contribution in [-0.2, 0) is 4.79 Å². The maximum atomic E-state index is 14.2. The number of hydrogen-bond acceptors (Lipinski definition) is 6. The number of rotatable bonds is 6. The van der Waals surface area contributed by atoms with E-state index in [-0.39, 0.29) is 11.5 Å². The monoisotopic (exact) mass is 533 g/mol. The highest BCUT2D eigenvalue weighted by Gasteiger charge is 2.58. The lowest BCUT2D eigenvalue weighted by molar-refractivity contribution is -0.122. The van der Waals surface area contributed by atoms with Crippen LogP contribution in [0.3, 0.4) is 0 Å². The van der Waals surface area contributed by atoms with Crippen LogP contribution in [0.4, 0.5) is 10.5 Å². The SMILES string of the molecule is Cc1ccc(C(=O)C2C(c3sccc3C)C(C(N)=O)N(C(=O)Nc3ccccc3)C2c2sccc2C)o1. The standard InChI is InChI=1S/C28H27N3O4S2/c1-15-11-13-36-25(15)21-20(24(32)19-10-9-17(3)35-19)22(26-16(2)12-14-37-26)31(23(21)27(29)33)28(34)30-18-7-5-4-6-8-18/h4-14,20-23H,1-3H3,(H2,29,33)(H,30,34). The molecule has 0 saturated carbocycles. The van der Waals surface area contributed by atoms with Gasteiger partial charge < -0.3 is 20.4 Å². The van der Waals surface area contributed by atoms with Gasteiger partial charge in [0, 0.05) is 21.4 Å². The molecule has 4 unspecified atom stereocenters. The molecule has 3 N–H and O–H groups in total. The van der Waals surface area contributed by atoms with Crippen LogP contribution < -0.4 is 11.1 Å². The van der Waals surface area contributed by atoms with Crippen LogP contribution in [-0.4, -0.2) is 28.7 Å². The average Bonchev–Trinajstić information content (AvgIpc) is 3.65. The Bertz CT molecular complexity index is 1450. The molecule has 37 heavy (non-hydrogen) atoms. The van der Waals surface area contributed by atoms with E-state index in [1.165, 1.54) is 27.6 Å². The molecule has 7 nitrogen and oxygen atoms in total. The third-order valence-corrected chi connectivity index (χ3v) is 9.09. The second kappa shape index (κ2) is 9.99. The summed E-state index contributed by atoms with van der Waals surface area (Å²) in [5, 5.41) is 6.78. The second-order valence-electron chi connectivity index (χ2n) is 9.26. The van der Waals surface area contributed by atoms with E-state index < -0.39 is 35.9 Å². The van der Waals surface area contributed by atoms with E-state index in [2.05, 4.69) is 5.32 Å². The van der Waals surface area contributed by atoms with Gasteiger partial charge in [-0.05, 0) is 79.1 Å². The molecule has 0 radical (unpaired) electrons. The minimum Gasteiger partial charge on any atom is -0.458 e. The molecule has 0 spiro atoms. The Labute approximate surface area is 222 Å². The van der Waals surface area contributed by atoms with Crippen molar-refractivity contribution in [2.75, 3.05) is 5.32 Å². The van der Waals surface area contributed by atoms with E-state index in [4.69, 9.17) is 10.2 Å². The Kier molecular flexibility index (Phi) is 6.74. The number of benzene rings is 1. The van der Waals surface area contributed by atoms with Gasteiger partial charge in [-0.15, -0.1) is 22.7 Å². The third kappa shape index (κ3) is 4.49. The Morgan fingerprint density at radius 1 is 0.892 bits per heavy atom. The third-order valence-electron chi connectivity index (χ3n) is 6.88. The van der Waals surface area contributed by atoms with Gasteiger partial charge in [0.2, 0.25) is 11.7 Å². The van der Waals surface area contributed by atoms with Crippen LogP contribution in [0, 0.1) is 26.7 Å². The molecule has 1 aliphatic rings. The number of ketones is 1. The highest BCUT2D eigenvalue weighted by Crippen LogP contribution is 2.54. The summed E-state index contributed by atoms with van der Waals surface area (Å²) in [6, 6.07) is 14.1. The number of nitrogens with two attached hydrogens (primary N) is 1. The van der Waals surface area contributed by atoms with Crippen LogP contribution >= 0.6 is 22.7 Å². The summed E-state index contributed by atoms with van der Waals surface area (Å²) in [5.74, 6) is -1.52. The van der Waals surface area contributed by atoms with Crippen LogP contribution in [0.1, 0.15) is 49.2 Å². The zero-order valence-electron chi connectivity index (χ0n) is 20.6.